The zero-order valence-electron chi connectivity index (χ0n) is 16.1. The monoisotopic (exact) mass is 403 g/mol. The van der Waals surface area contributed by atoms with Crippen molar-refractivity contribution in [3.05, 3.63) is 30.1 Å². The molecule has 0 radical (unpaired) electrons. The summed E-state index contributed by atoms with van der Waals surface area (Å²) in [4.78, 5) is 20.0. The number of unbranched alkanes of at least 4 members (excludes halogenated alkanes) is 1. The van der Waals surface area contributed by atoms with E-state index in [0.717, 1.165) is 47.9 Å². The van der Waals surface area contributed by atoms with Crippen molar-refractivity contribution in [1.82, 2.24) is 14.5 Å². The van der Waals surface area contributed by atoms with Crippen molar-refractivity contribution >= 4 is 38.5 Å². The number of carbonyl (C=O) groups is 1. The fraction of sp³-hybridized carbons (Fsp3) is 0.619. The lowest BCUT2D eigenvalue weighted by atomic mass is 10.00. The van der Waals surface area contributed by atoms with Crippen LogP contribution in [-0.2, 0) is 11.8 Å². The average molecular weight is 404 g/mol. The lowest BCUT2D eigenvalue weighted by molar-refractivity contribution is -0.135. The second kappa shape index (κ2) is 8.91. The molecule has 1 aromatic heterocycles. The average Bonchev–Trinajstić information content (AvgIpc) is 3.33. The fourth-order valence-corrected chi connectivity index (χ4v) is 7.34. The fourth-order valence-electron chi connectivity index (χ4n) is 4.32. The molecule has 6 heteroatoms. The van der Waals surface area contributed by atoms with E-state index >= 15 is 0 Å². The van der Waals surface area contributed by atoms with Crippen LogP contribution in [0.3, 0.4) is 0 Å². The van der Waals surface area contributed by atoms with Gasteiger partial charge in [-0.05, 0) is 50.7 Å². The van der Waals surface area contributed by atoms with Crippen molar-refractivity contribution < 1.29 is 4.79 Å². The van der Waals surface area contributed by atoms with Crippen molar-refractivity contribution in [3.8, 4) is 0 Å². The highest BCUT2D eigenvalue weighted by atomic mass is 33.1. The minimum absolute atomic E-state index is 0.130. The van der Waals surface area contributed by atoms with E-state index in [4.69, 9.17) is 4.98 Å². The SMILES string of the molecule is Cn1c([C@H]2CCCCN2C(=O)CCCC[C@H]2CCSS2)nc2ccccc21. The molecule has 1 aromatic carbocycles. The zero-order chi connectivity index (χ0) is 18.6. The van der Waals surface area contributed by atoms with Crippen molar-refractivity contribution in [1.29, 1.82) is 0 Å². The molecular weight excluding hydrogens is 374 g/mol. The van der Waals surface area contributed by atoms with E-state index < -0.39 is 0 Å². The molecule has 2 atom stereocenters. The van der Waals surface area contributed by atoms with Gasteiger partial charge >= 0.3 is 0 Å². The van der Waals surface area contributed by atoms with Crippen LogP contribution in [0.1, 0.15) is 63.2 Å². The minimum atomic E-state index is 0.130. The highest BCUT2D eigenvalue weighted by Crippen LogP contribution is 2.40. The molecular formula is C21H29N3OS2. The summed E-state index contributed by atoms with van der Waals surface area (Å²) in [6, 6.07) is 8.39. The number of hydrogen-bond acceptors (Lipinski definition) is 4. The van der Waals surface area contributed by atoms with Gasteiger partial charge in [0.1, 0.15) is 5.82 Å². The predicted molar refractivity (Wildman–Crippen MR) is 116 cm³/mol. The van der Waals surface area contributed by atoms with E-state index in [2.05, 4.69) is 34.7 Å². The summed E-state index contributed by atoms with van der Waals surface area (Å²) in [5.41, 5.74) is 2.18. The Bertz CT molecular complexity index is 785. The summed E-state index contributed by atoms with van der Waals surface area (Å²) in [7, 11) is 6.13. The van der Waals surface area contributed by atoms with Gasteiger partial charge in [-0.1, -0.05) is 40.1 Å². The lowest BCUT2D eigenvalue weighted by Crippen LogP contribution is -2.39. The number of nitrogens with zero attached hydrogens (tertiary/aromatic N) is 3. The number of fused-ring (bicyclic) bond motifs is 1. The van der Waals surface area contributed by atoms with Gasteiger partial charge in [0.25, 0.3) is 0 Å². The summed E-state index contributed by atoms with van der Waals surface area (Å²) in [6.07, 6.45) is 8.80. The molecule has 2 aliphatic rings. The molecule has 27 heavy (non-hydrogen) atoms. The molecule has 0 unspecified atom stereocenters. The molecule has 0 N–H and O–H groups in total. The summed E-state index contributed by atoms with van der Waals surface area (Å²) in [5, 5.41) is 0.813. The molecule has 2 saturated heterocycles. The summed E-state index contributed by atoms with van der Waals surface area (Å²) in [5.74, 6) is 2.66. The number of para-hydroxylation sites is 2. The number of likely N-dealkylation sites (tertiary alicyclic amines) is 1. The smallest absolute Gasteiger partial charge is 0.223 e. The molecule has 0 aliphatic carbocycles. The Labute approximate surface area is 169 Å². The topological polar surface area (TPSA) is 38.1 Å². The number of aryl methyl sites for hydroxylation is 1. The Hall–Kier alpha value is -1.14. The van der Waals surface area contributed by atoms with Crippen molar-refractivity contribution in [3.63, 3.8) is 0 Å². The lowest BCUT2D eigenvalue weighted by Gasteiger charge is -2.35. The van der Waals surface area contributed by atoms with E-state index in [1.54, 1.807) is 0 Å². The predicted octanol–water partition coefficient (Wildman–Crippen LogP) is 5.34. The molecule has 0 bridgehead atoms. The number of imidazole rings is 1. The van der Waals surface area contributed by atoms with Gasteiger partial charge in [-0.15, -0.1) is 0 Å². The Morgan fingerprint density at radius 3 is 2.93 bits per heavy atom. The number of rotatable bonds is 6. The maximum absolute atomic E-state index is 13.0. The van der Waals surface area contributed by atoms with Gasteiger partial charge in [0, 0.05) is 31.0 Å². The van der Waals surface area contributed by atoms with E-state index in [0.29, 0.717) is 12.3 Å². The van der Waals surface area contributed by atoms with Crippen molar-refractivity contribution in [2.75, 3.05) is 12.3 Å². The van der Waals surface area contributed by atoms with E-state index in [-0.39, 0.29) is 6.04 Å². The van der Waals surface area contributed by atoms with Crippen LogP contribution in [0.2, 0.25) is 0 Å². The summed E-state index contributed by atoms with van der Waals surface area (Å²) in [6.45, 7) is 0.877. The first-order valence-electron chi connectivity index (χ1n) is 10.2. The number of benzene rings is 1. The molecule has 2 fully saturated rings. The number of aromatic nitrogens is 2. The highest BCUT2D eigenvalue weighted by molar-refractivity contribution is 8.77. The number of hydrogen-bond donors (Lipinski definition) is 0. The van der Waals surface area contributed by atoms with Crippen LogP contribution in [0, 0.1) is 0 Å². The summed E-state index contributed by atoms with van der Waals surface area (Å²) < 4.78 is 2.18. The third-order valence-electron chi connectivity index (χ3n) is 5.84. The van der Waals surface area contributed by atoms with Crippen LogP contribution in [0.15, 0.2) is 24.3 Å². The number of piperidine rings is 1. The Balaban J connectivity index is 1.40. The van der Waals surface area contributed by atoms with Crippen LogP contribution in [0.4, 0.5) is 0 Å². The molecule has 4 nitrogen and oxygen atoms in total. The van der Waals surface area contributed by atoms with Crippen molar-refractivity contribution in [2.45, 2.75) is 62.7 Å². The van der Waals surface area contributed by atoms with E-state index in [1.807, 2.05) is 27.7 Å². The number of carbonyl (C=O) groups excluding carboxylic acids is 1. The third-order valence-corrected chi connectivity index (χ3v) is 8.84. The van der Waals surface area contributed by atoms with Crippen LogP contribution < -0.4 is 0 Å². The third kappa shape index (κ3) is 4.32. The molecule has 3 heterocycles. The van der Waals surface area contributed by atoms with Gasteiger partial charge in [0.05, 0.1) is 17.1 Å². The highest BCUT2D eigenvalue weighted by Gasteiger charge is 2.31. The van der Waals surface area contributed by atoms with Crippen LogP contribution in [-0.4, -0.2) is 37.9 Å². The second-order valence-electron chi connectivity index (χ2n) is 7.69. The largest absolute Gasteiger partial charge is 0.333 e. The maximum atomic E-state index is 13.0. The van der Waals surface area contributed by atoms with Crippen molar-refractivity contribution in [2.24, 2.45) is 7.05 Å². The molecule has 0 saturated carbocycles. The van der Waals surface area contributed by atoms with Gasteiger partial charge in [0.15, 0.2) is 0 Å². The Morgan fingerprint density at radius 1 is 1.22 bits per heavy atom. The quantitative estimate of drug-likeness (QED) is 0.482. The Kier molecular flexibility index (Phi) is 6.33. The molecule has 1 amide bonds. The summed E-state index contributed by atoms with van der Waals surface area (Å²) >= 11 is 0. The van der Waals surface area contributed by atoms with Crippen LogP contribution in [0.5, 0.6) is 0 Å². The first-order valence-corrected chi connectivity index (χ1v) is 12.6. The van der Waals surface area contributed by atoms with E-state index in [9.17, 15) is 4.79 Å². The minimum Gasteiger partial charge on any atom is -0.333 e. The van der Waals surface area contributed by atoms with Gasteiger partial charge in [-0.25, -0.2) is 4.98 Å². The van der Waals surface area contributed by atoms with Gasteiger partial charge in [-0.3, -0.25) is 4.79 Å². The van der Waals surface area contributed by atoms with Crippen LogP contribution >= 0.6 is 21.6 Å². The molecule has 2 aliphatic heterocycles. The zero-order valence-corrected chi connectivity index (χ0v) is 17.7. The van der Waals surface area contributed by atoms with Gasteiger partial charge < -0.3 is 9.47 Å². The first-order chi connectivity index (χ1) is 13.2. The molecule has 0 spiro atoms. The van der Waals surface area contributed by atoms with E-state index in [1.165, 1.54) is 31.4 Å². The second-order valence-corrected chi connectivity index (χ2v) is 10.5. The van der Waals surface area contributed by atoms with Gasteiger partial charge in [0.2, 0.25) is 5.91 Å². The standard InChI is InChI=1S/C21H29N3OS2/c1-23-18-10-4-3-9-17(18)22-21(23)19-11-6-7-14-24(19)20(25)12-5-2-8-16-13-15-26-27-16/h3-4,9-10,16,19H,2,5-8,11-15H2,1H3/t16-,19+/m0/s1. The van der Waals surface area contributed by atoms with Gasteiger partial charge in [-0.2, -0.15) is 0 Å². The maximum Gasteiger partial charge on any atom is 0.223 e. The first kappa shape index (κ1) is 19.2. The molecule has 4 rings (SSSR count). The van der Waals surface area contributed by atoms with Crippen LogP contribution in [0.25, 0.3) is 11.0 Å². The number of amides is 1. The molecule has 2 aromatic rings. The molecule has 146 valence electrons. The Morgan fingerprint density at radius 2 is 2.11 bits per heavy atom. The normalized spacial score (nSPS) is 23.2.